The number of carbonyl (C=O) groups excluding carboxylic acids is 1. The van der Waals surface area contributed by atoms with Gasteiger partial charge >= 0.3 is 6.09 Å². The average Bonchev–Trinajstić information content (AvgIpc) is 3.34. The number of rotatable bonds is 8. The molecule has 1 saturated heterocycles. The summed E-state index contributed by atoms with van der Waals surface area (Å²) in [6, 6.07) is 5.97. The molecule has 2 N–H and O–H groups in total. The molecule has 0 spiro atoms. The molecule has 1 atom stereocenters. The predicted molar refractivity (Wildman–Crippen MR) is 152 cm³/mol. The molecule has 15 heteroatoms. The van der Waals surface area contributed by atoms with Gasteiger partial charge in [-0.15, -0.1) is 0 Å². The van der Waals surface area contributed by atoms with Crippen molar-refractivity contribution in [2.24, 2.45) is 0 Å². The smallest absolute Gasteiger partial charge is 0.413 e. The maximum atomic E-state index is 13.3. The number of nitrogens with zero attached hydrogens (tertiary/aromatic N) is 7. The summed E-state index contributed by atoms with van der Waals surface area (Å²) in [5.41, 5.74) is 2.96. The Labute approximate surface area is 235 Å². The standard InChI is InChI=1S/C25H29N9O4S2/c1-16(30-22-20-6-4-5-19(21(20)28-15-29-22)18-11-26-14-27-12-18)13-33-7-9-34(10-8-33)40(36,37)23-17(2)31-24(39-23)32-25(35)38-3/h4-6,11-12,14-16H,7-10,13H2,1-3H3,(H,28,29,30)(H,31,32,35). The molecule has 3 aromatic heterocycles. The number of piperazine rings is 1. The molecule has 1 aliphatic rings. The second-order valence-electron chi connectivity index (χ2n) is 9.31. The van der Waals surface area contributed by atoms with Crippen LogP contribution >= 0.6 is 11.3 Å². The van der Waals surface area contributed by atoms with Crippen molar-refractivity contribution in [3.05, 3.63) is 48.9 Å². The third kappa shape index (κ3) is 5.86. The minimum atomic E-state index is -3.74. The van der Waals surface area contributed by atoms with Gasteiger partial charge in [0.05, 0.1) is 18.3 Å². The topological polar surface area (TPSA) is 155 Å². The lowest BCUT2D eigenvalue weighted by molar-refractivity contribution is 0.184. The Morgan fingerprint density at radius 1 is 1.12 bits per heavy atom. The van der Waals surface area contributed by atoms with Gasteiger partial charge in [0.1, 0.15) is 18.5 Å². The van der Waals surface area contributed by atoms with Gasteiger partial charge in [0.2, 0.25) is 0 Å². The van der Waals surface area contributed by atoms with E-state index in [0.717, 1.165) is 39.2 Å². The van der Waals surface area contributed by atoms with Crippen molar-refractivity contribution in [3.63, 3.8) is 0 Å². The van der Waals surface area contributed by atoms with Crippen molar-refractivity contribution in [2.75, 3.05) is 50.5 Å². The van der Waals surface area contributed by atoms with Crippen LogP contribution in [0.3, 0.4) is 0 Å². The maximum absolute atomic E-state index is 13.3. The van der Waals surface area contributed by atoms with E-state index >= 15 is 0 Å². The van der Waals surface area contributed by atoms with Crippen LogP contribution in [0.5, 0.6) is 0 Å². The van der Waals surface area contributed by atoms with Gasteiger partial charge in [-0.25, -0.2) is 38.1 Å². The number of amides is 1. The number of methoxy groups -OCH3 is 1. The highest BCUT2D eigenvalue weighted by molar-refractivity contribution is 7.91. The number of hydrogen-bond donors (Lipinski definition) is 2. The Hall–Kier alpha value is -3.79. The van der Waals surface area contributed by atoms with Gasteiger partial charge in [0, 0.05) is 67.7 Å². The average molecular weight is 584 g/mol. The van der Waals surface area contributed by atoms with Gasteiger partial charge in [-0.3, -0.25) is 10.2 Å². The van der Waals surface area contributed by atoms with E-state index in [1.165, 1.54) is 17.7 Å². The second kappa shape index (κ2) is 11.8. The first kappa shape index (κ1) is 27.8. The largest absolute Gasteiger partial charge is 0.453 e. The molecule has 1 fully saturated rings. The predicted octanol–water partition coefficient (Wildman–Crippen LogP) is 2.84. The number of carbonyl (C=O) groups is 1. The van der Waals surface area contributed by atoms with E-state index < -0.39 is 16.1 Å². The van der Waals surface area contributed by atoms with Crippen molar-refractivity contribution in [1.29, 1.82) is 0 Å². The lowest BCUT2D eigenvalue weighted by atomic mass is 10.0. The molecule has 0 bridgehead atoms. The van der Waals surface area contributed by atoms with Crippen LogP contribution in [-0.4, -0.2) is 94.5 Å². The molecule has 1 aromatic carbocycles. The Kier molecular flexibility index (Phi) is 8.16. The third-order valence-corrected chi connectivity index (χ3v) is 10.1. The number of para-hydroxylation sites is 1. The molecule has 13 nitrogen and oxygen atoms in total. The quantitative estimate of drug-likeness (QED) is 0.314. The number of sulfonamides is 1. The monoisotopic (exact) mass is 583 g/mol. The summed E-state index contributed by atoms with van der Waals surface area (Å²) >= 11 is 0.922. The summed E-state index contributed by atoms with van der Waals surface area (Å²) in [5.74, 6) is 0.731. The molecular weight excluding hydrogens is 554 g/mol. The highest BCUT2D eigenvalue weighted by atomic mass is 32.2. The SMILES string of the molecule is COC(=O)Nc1nc(C)c(S(=O)(=O)N2CCN(CC(C)Nc3ncnc4c(-c5cncnc5)cccc34)CC2)s1. The highest BCUT2D eigenvalue weighted by Gasteiger charge is 2.32. The molecule has 5 rings (SSSR count). The van der Waals surface area contributed by atoms with E-state index in [0.29, 0.717) is 38.4 Å². The van der Waals surface area contributed by atoms with Crippen molar-refractivity contribution in [1.82, 2.24) is 34.1 Å². The molecule has 4 heterocycles. The van der Waals surface area contributed by atoms with Crippen molar-refractivity contribution in [2.45, 2.75) is 24.1 Å². The summed E-state index contributed by atoms with van der Waals surface area (Å²) in [5, 5.41) is 7.01. The fraction of sp³-hybridized carbons (Fsp3) is 0.360. The van der Waals surface area contributed by atoms with E-state index in [4.69, 9.17) is 0 Å². The minimum Gasteiger partial charge on any atom is -0.453 e. The molecule has 0 saturated carbocycles. The lowest BCUT2D eigenvalue weighted by Gasteiger charge is -2.35. The minimum absolute atomic E-state index is 0.0423. The van der Waals surface area contributed by atoms with Crippen LogP contribution in [0.1, 0.15) is 12.6 Å². The number of nitrogens with one attached hydrogen (secondary N) is 2. The Balaban J connectivity index is 1.22. The van der Waals surface area contributed by atoms with Gasteiger partial charge in [0.25, 0.3) is 10.0 Å². The van der Waals surface area contributed by atoms with Crippen LogP contribution in [0, 0.1) is 6.92 Å². The molecule has 210 valence electrons. The summed E-state index contributed by atoms with van der Waals surface area (Å²) in [6.07, 6.45) is 5.86. The van der Waals surface area contributed by atoms with Crippen LogP contribution in [0.15, 0.2) is 47.5 Å². The Bertz CT molecular complexity index is 1610. The number of ether oxygens (including phenoxy) is 1. The lowest BCUT2D eigenvalue weighted by Crippen LogP contribution is -2.50. The summed E-state index contributed by atoms with van der Waals surface area (Å²) < 4.78 is 32.8. The van der Waals surface area contributed by atoms with E-state index in [2.05, 4.69) is 52.1 Å². The van der Waals surface area contributed by atoms with Gasteiger partial charge in [-0.05, 0) is 19.9 Å². The van der Waals surface area contributed by atoms with Gasteiger partial charge in [0.15, 0.2) is 9.34 Å². The van der Waals surface area contributed by atoms with Crippen LogP contribution in [-0.2, 0) is 14.8 Å². The number of hydrogen-bond acceptors (Lipinski definition) is 12. The molecule has 0 radical (unpaired) electrons. The summed E-state index contributed by atoms with van der Waals surface area (Å²) in [4.78, 5) is 35.1. The zero-order chi connectivity index (χ0) is 28.3. The molecule has 40 heavy (non-hydrogen) atoms. The highest BCUT2D eigenvalue weighted by Crippen LogP contribution is 2.31. The number of anilines is 2. The molecule has 0 aliphatic carbocycles. The zero-order valence-corrected chi connectivity index (χ0v) is 23.9. The van der Waals surface area contributed by atoms with E-state index in [9.17, 15) is 13.2 Å². The van der Waals surface area contributed by atoms with Crippen LogP contribution in [0.25, 0.3) is 22.0 Å². The summed E-state index contributed by atoms with van der Waals surface area (Å²) in [6.45, 7) is 6.26. The number of thiazole rings is 1. The zero-order valence-electron chi connectivity index (χ0n) is 22.2. The van der Waals surface area contributed by atoms with E-state index in [-0.39, 0.29) is 15.4 Å². The second-order valence-corrected chi connectivity index (χ2v) is 12.4. The molecule has 1 amide bonds. The van der Waals surface area contributed by atoms with Crippen LogP contribution < -0.4 is 10.6 Å². The third-order valence-electron chi connectivity index (χ3n) is 6.51. The summed E-state index contributed by atoms with van der Waals surface area (Å²) in [7, 11) is -2.50. The van der Waals surface area contributed by atoms with Crippen LogP contribution in [0.4, 0.5) is 15.7 Å². The molecule has 1 unspecified atom stereocenters. The first-order valence-corrected chi connectivity index (χ1v) is 14.8. The van der Waals surface area contributed by atoms with Crippen molar-refractivity contribution >= 4 is 49.3 Å². The molecule has 4 aromatic rings. The Morgan fingerprint density at radius 2 is 1.88 bits per heavy atom. The van der Waals surface area contributed by atoms with E-state index in [1.807, 2.05) is 18.2 Å². The van der Waals surface area contributed by atoms with Gasteiger partial charge in [-0.2, -0.15) is 4.31 Å². The normalized spacial score (nSPS) is 15.6. The van der Waals surface area contributed by atoms with Gasteiger partial charge < -0.3 is 10.1 Å². The van der Waals surface area contributed by atoms with Gasteiger partial charge in [-0.1, -0.05) is 23.5 Å². The molecule has 1 aliphatic heterocycles. The van der Waals surface area contributed by atoms with Crippen molar-refractivity contribution < 1.29 is 17.9 Å². The molecular formula is C25H29N9O4S2. The fourth-order valence-corrected chi connectivity index (χ4v) is 7.58. The number of aromatic nitrogens is 5. The van der Waals surface area contributed by atoms with Crippen molar-refractivity contribution in [3.8, 4) is 11.1 Å². The first-order chi connectivity index (χ1) is 19.3. The fourth-order valence-electron chi connectivity index (χ4n) is 4.62. The first-order valence-electron chi connectivity index (χ1n) is 12.6. The van der Waals surface area contributed by atoms with Crippen LogP contribution in [0.2, 0.25) is 0 Å². The maximum Gasteiger partial charge on any atom is 0.413 e. The number of aryl methyl sites for hydroxylation is 1. The van der Waals surface area contributed by atoms with E-state index in [1.54, 1.807) is 25.6 Å². The Morgan fingerprint density at radius 3 is 2.60 bits per heavy atom. The number of benzene rings is 1. The number of fused-ring (bicyclic) bond motifs is 1.